The average Bonchev–Trinajstić information content (AvgIpc) is 3.08. The van der Waals surface area contributed by atoms with Gasteiger partial charge in [-0.1, -0.05) is 6.07 Å². The number of rotatable bonds is 7. The van der Waals surface area contributed by atoms with Gasteiger partial charge in [0.05, 0.1) is 10.4 Å². The summed E-state index contributed by atoms with van der Waals surface area (Å²) in [5.41, 5.74) is 4.78. The number of nitrogens with one attached hydrogen (secondary N) is 1. The van der Waals surface area contributed by atoms with Crippen molar-refractivity contribution in [3.8, 4) is 10.7 Å². The van der Waals surface area contributed by atoms with Gasteiger partial charge in [-0.25, -0.2) is 4.98 Å². The van der Waals surface area contributed by atoms with Crippen LogP contribution in [0.2, 0.25) is 0 Å². The van der Waals surface area contributed by atoms with Gasteiger partial charge in [0.2, 0.25) is 5.91 Å². The summed E-state index contributed by atoms with van der Waals surface area (Å²) in [5, 5.41) is 5.04. The van der Waals surface area contributed by atoms with E-state index in [4.69, 9.17) is 5.73 Å². The minimum atomic E-state index is -0.649. The van der Waals surface area contributed by atoms with Crippen LogP contribution in [-0.4, -0.2) is 28.0 Å². The van der Waals surface area contributed by atoms with Crippen LogP contribution in [0.25, 0.3) is 10.7 Å². The van der Waals surface area contributed by atoms with Gasteiger partial charge < -0.3 is 15.6 Å². The molecule has 0 radical (unpaired) electrons. The Hall–Kier alpha value is -1.66. The van der Waals surface area contributed by atoms with Crippen LogP contribution in [-0.2, 0) is 11.3 Å². The first-order valence-electron chi connectivity index (χ1n) is 6.60. The lowest BCUT2D eigenvalue weighted by Gasteiger charge is -2.25. The van der Waals surface area contributed by atoms with Crippen LogP contribution in [0.15, 0.2) is 29.9 Å². The molecule has 2 heterocycles. The molecule has 0 aliphatic heterocycles. The molecule has 1 amide bonds. The number of imidazole rings is 1. The monoisotopic (exact) mass is 292 g/mol. The van der Waals surface area contributed by atoms with Crippen LogP contribution in [0.4, 0.5) is 0 Å². The lowest BCUT2D eigenvalue weighted by molar-refractivity contribution is -0.123. The zero-order chi connectivity index (χ0) is 14.6. The first kappa shape index (κ1) is 14.7. The molecule has 6 heteroatoms. The third-order valence-corrected chi connectivity index (χ3v) is 4.49. The van der Waals surface area contributed by atoms with Gasteiger partial charge in [-0.05, 0) is 38.3 Å². The summed E-state index contributed by atoms with van der Waals surface area (Å²) in [7, 11) is 1.76. The molecule has 20 heavy (non-hydrogen) atoms. The van der Waals surface area contributed by atoms with Crippen LogP contribution in [0.1, 0.15) is 19.8 Å². The van der Waals surface area contributed by atoms with Crippen molar-refractivity contribution in [3.63, 3.8) is 0 Å². The molecule has 2 aromatic rings. The second-order valence-corrected chi connectivity index (χ2v) is 5.92. The van der Waals surface area contributed by atoms with Gasteiger partial charge in [-0.2, -0.15) is 0 Å². The molecular formula is C14H20N4OS. The van der Waals surface area contributed by atoms with Crippen LogP contribution < -0.4 is 11.1 Å². The van der Waals surface area contributed by atoms with Gasteiger partial charge in [0.25, 0.3) is 0 Å². The number of likely N-dealkylation sites (N-methyl/N-ethyl adjacent to an activating group) is 1. The Kier molecular flexibility index (Phi) is 4.57. The molecular weight excluding hydrogens is 272 g/mol. The molecule has 3 N–H and O–H groups in total. The highest BCUT2D eigenvalue weighted by atomic mass is 32.1. The maximum Gasteiger partial charge on any atom is 0.237 e. The second-order valence-electron chi connectivity index (χ2n) is 4.97. The predicted octanol–water partition coefficient (Wildman–Crippen LogP) is 1.86. The molecule has 2 aromatic heterocycles. The smallest absolute Gasteiger partial charge is 0.237 e. The number of nitrogens with zero attached hydrogens (tertiary/aromatic N) is 2. The number of hydrogen-bond acceptors (Lipinski definition) is 4. The van der Waals surface area contributed by atoms with Crippen LogP contribution in [0.3, 0.4) is 0 Å². The molecule has 0 aliphatic carbocycles. The van der Waals surface area contributed by atoms with Crippen molar-refractivity contribution >= 4 is 17.2 Å². The van der Waals surface area contributed by atoms with Gasteiger partial charge >= 0.3 is 0 Å². The first-order chi connectivity index (χ1) is 9.57. The van der Waals surface area contributed by atoms with Gasteiger partial charge in [0.15, 0.2) is 0 Å². The predicted molar refractivity (Wildman–Crippen MR) is 81.4 cm³/mol. The Bertz CT molecular complexity index is 564. The Balaban J connectivity index is 1.99. The van der Waals surface area contributed by atoms with E-state index in [1.165, 1.54) is 0 Å². The molecule has 2 rings (SSSR count). The molecule has 0 aliphatic rings. The summed E-state index contributed by atoms with van der Waals surface area (Å²) in [5.74, 6) is 0.661. The van der Waals surface area contributed by atoms with E-state index >= 15 is 0 Å². The zero-order valence-corrected chi connectivity index (χ0v) is 12.6. The fourth-order valence-corrected chi connectivity index (χ4v) is 2.83. The van der Waals surface area contributed by atoms with Crippen LogP contribution in [0.5, 0.6) is 0 Å². The summed E-state index contributed by atoms with van der Waals surface area (Å²) in [6, 6.07) is 4.08. The molecule has 5 nitrogen and oxygen atoms in total. The minimum Gasteiger partial charge on any atom is -0.368 e. The number of thiophene rings is 1. The molecule has 0 fully saturated rings. The van der Waals surface area contributed by atoms with Crippen molar-refractivity contribution in [1.29, 1.82) is 0 Å². The van der Waals surface area contributed by atoms with Crippen molar-refractivity contribution in [2.24, 2.45) is 5.73 Å². The summed E-state index contributed by atoms with van der Waals surface area (Å²) in [4.78, 5) is 17.0. The Morgan fingerprint density at radius 2 is 2.40 bits per heavy atom. The summed E-state index contributed by atoms with van der Waals surface area (Å²) < 4.78 is 2.11. The molecule has 1 unspecified atom stereocenters. The van der Waals surface area contributed by atoms with Crippen LogP contribution >= 0.6 is 11.3 Å². The lowest BCUT2D eigenvalue weighted by Crippen LogP contribution is -2.51. The second kappa shape index (κ2) is 6.19. The largest absolute Gasteiger partial charge is 0.368 e. The van der Waals surface area contributed by atoms with Gasteiger partial charge in [-0.15, -0.1) is 11.3 Å². The topological polar surface area (TPSA) is 72.9 Å². The number of carbonyl (C=O) groups excluding carboxylic acids is 1. The standard InChI is InChI=1S/C14H20N4OS/c1-14(16-2,13(15)19)6-4-8-18-9-7-17-12(18)11-5-3-10-20-11/h3,5,7,9-10,16H,4,6,8H2,1-2H3,(H2,15,19). The highest BCUT2D eigenvalue weighted by Gasteiger charge is 2.28. The maximum absolute atomic E-state index is 11.4. The fourth-order valence-electron chi connectivity index (χ4n) is 2.09. The summed E-state index contributed by atoms with van der Waals surface area (Å²) in [6.45, 7) is 2.65. The zero-order valence-electron chi connectivity index (χ0n) is 11.8. The van der Waals surface area contributed by atoms with E-state index in [2.05, 4.69) is 20.9 Å². The number of amides is 1. The molecule has 0 spiro atoms. The van der Waals surface area contributed by atoms with E-state index in [1.807, 2.05) is 24.6 Å². The van der Waals surface area contributed by atoms with Crippen molar-refractivity contribution in [2.75, 3.05) is 7.05 Å². The molecule has 0 saturated carbocycles. The minimum absolute atomic E-state index is 0.316. The maximum atomic E-state index is 11.4. The molecule has 0 saturated heterocycles. The Labute approximate surface area is 122 Å². The van der Waals surface area contributed by atoms with Crippen molar-refractivity contribution in [2.45, 2.75) is 31.8 Å². The van der Waals surface area contributed by atoms with Gasteiger partial charge in [0, 0.05) is 18.9 Å². The number of aromatic nitrogens is 2. The van der Waals surface area contributed by atoms with E-state index < -0.39 is 5.54 Å². The third kappa shape index (κ3) is 3.08. The Morgan fingerprint density at radius 1 is 1.60 bits per heavy atom. The number of nitrogens with two attached hydrogens (primary N) is 1. The number of hydrogen-bond donors (Lipinski definition) is 2. The third-order valence-electron chi connectivity index (χ3n) is 3.63. The molecule has 0 bridgehead atoms. The first-order valence-corrected chi connectivity index (χ1v) is 7.48. The highest BCUT2D eigenvalue weighted by Crippen LogP contribution is 2.23. The van der Waals surface area contributed by atoms with Gasteiger partial charge in [0.1, 0.15) is 5.82 Å². The Morgan fingerprint density at radius 3 is 3.00 bits per heavy atom. The van der Waals surface area contributed by atoms with E-state index in [1.54, 1.807) is 24.6 Å². The quantitative estimate of drug-likeness (QED) is 0.818. The molecule has 108 valence electrons. The normalized spacial score (nSPS) is 14.1. The van der Waals surface area contributed by atoms with E-state index in [-0.39, 0.29) is 5.91 Å². The van der Waals surface area contributed by atoms with E-state index in [9.17, 15) is 4.79 Å². The number of carbonyl (C=O) groups is 1. The number of aryl methyl sites for hydroxylation is 1. The summed E-state index contributed by atoms with van der Waals surface area (Å²) in [6.07, 6.45) is 5.33. The van der Waals surface area contributed by atoms with Crippen LogP contribution in [0, 0.1) is 0 Å². The fraction of sp³-hybridized carbons (Fsp3) is 0.429. The molecule has 0 aromatic carbocycles. The molecule has 1 atom stereocenters. The lowest BCUT2D eigenvalue weighted by atomic mass is 9.95. The average molecular weight is 292 g/mol. The number of primary amides is 1. The van der Waals surface area contributed by atoms with E-state index in [0.717, 1.165) is 23.7 Å². The van der Waals surface area contributed by atoms with Gasteiger partial charge in [-0.3, -0.25) is 4.79 Å². The summed E-state index contributed by atoms with van der Waals surface area (Å²) >= 11 is 1.67. The van der Waals surface area contributed by atoms with E-state index in [0.29, 0.717) is 6.42 Å². The SMILES string of the molecule is CNC(C)(CCCn1ccnc1-c1cccs1)C(N)=O. The van der Waals surface area contributed by atoms with Crippen molar-refractivity contribution in [1.82, 2.24) is 14.9 Å². The highest BCUT2D eigenvalue weighted by molar-refractivity contribution is 7.13. The van der Waals surface area contributed by atoms with Crippen molar-refractivity contribution in [3.05, 3.63) is 29.9 Å². The van der Waals surface area contributed by atoms with Crippen molar-refractivity contribution < 1.29 is 4.79 Å².